The Kier molecular flexibility index (Phi) is 10.5. The molecule has 0 radical (unpaired) electrons. The number of hydrogen-bond donors (Lipinski definition) is 1. The molecule has 0 unspecified atom stereocenters. The molecule has 1 N–H and O–H groups in total. The second kappa shape index (κ2) is 13.8. The summed E-state index contributed by atoms with van der Waals surface area (Å²) in [6.07, 6.45) is 2.09. The van der Waals surface area contributed by atoms with E-state index in [4.69, 9.17) is 4.74 Å². The van der Waals surface area contributed by atoms with E-state index in [-0.39, 0.29) is 18.9 Å². The number of sulfonamides is 1. The minimum absolute atomic E-state index is 0.149. The van der Waals surface area contributed by atoms with Gasteiger partial charge in [-0.05, 0) is 48.7 Å². The third kappa shape index (κ3) is 8.58. The average Bonchev–Trinajstić information content (AvgIpc) is 2.93. The molecule has 0 bridgehead atoms. The monoisotopic (exact) mass is 551 g/mol. The average molecular weight is 552 g/mol. The molecule has 3 rings (SSSR count). The summed E-state index contributed by atoms with van der Waals surface area (Å²) in [4.78, 5) is 29.0. The van der Waals surface area contributed by atoms with E-state index in [0.717, 1.165) is 33.7 Å². The summed E-state index contributed by atoms with van der Waals surface area (Å²) >= 11 is 0. The Morgan fingerprint density at radius 1 is 0.923 bits per heavy atom. The van der Waals surface area contributed by atoms with Gasteiger partial charge in [-0.25, -0.2) is 8.42 Å². The van der Waals surface area contributed by atoms with E-state index in [1.54, 1.807) is 24.3 Å². The lowest BCUT2D eigenvalue weighted by molar-refractivity contribution is -0.140. The molecule has 0 saturated carbocycles. The first kappa shape index (κ1) is 29.7. The van der Waals surface area contributed by atoms with Gasteiger partial charge < -0.3 is 15.0 Å². The molecule has 0 aliphatic carbocycles. The molecule has 0 fully saturated rings. The van der Waals surface area contributed by atoms with Gasteiger partial charge in [0, 0.05) is 19.5 Å². The van der Waals surface area contributed by atoms with E-state index in [2.05, 4.69) is 5.32 Å². The Labute approximate surface area is 231 Å². The molecule has 39 heavy (non-hydrogen) atoms. The molecule has 0 saturated heterocycles. The second-order valence-electron chi connectivity index (χ2n) is 9.47. The van der Waals surface area contributed by atoms with Crippen LogP contribution in [0.15, 0.2) is 78.9 Å². The molecule has 0 heterocycles. The molecule has 8 nitrogen and oxygen atoms in total. The zero-order chi connectivity index (χ0) is 28.4. The smallest absolute Gasteiger partial charge is 0.244 e. The molecule has 0 aliphatic heterocycles. The number of hydrogen-bond acceptors (Lipinski definition) is 5. The normalized spacial score (nSPS) is 11.9. The Bertz CT molecular complexity index is 1330. The van der Waals surface area contributed by atoms with Crippen LogP contribution < -0.4 is 14.4 Å². The fourth-order valence-electron chi connectivity index (χ4n) is 4.17. The molecule has 3 aromatic rings. The number of benzene rings is 3. The van der Waals surface area contributed by atoms with Gasteiger partial charge in [0.05, 0.1) is 19.1 Å². The Hall–Kier alpha value is -3.85. The van der Waals surface area contributed by atoms with E-state index < -0.39 is 28.5 Å². The SMILES string of the molecule is CCCNC(=O)[C@H](Cc1ccccc1)N(Cc1ccc(C)cc1)C(=O)CN(c1ccc(OC)cc1)S(C)(=O)=O. The van der Waals surface area contributed by atoms with Gasteiger partial charge >= 0.3 is 0 Å². The van der Waals surface area contributed by atoms with Crippen molar-refractivity contribution in [2.75, 3.05) is 30.8 Å². The quantitative estimate of drug-likeness (QED) is 0.347. The largest absolute Gasteiger partial charge is 0.497 e. The van der Waals surface area contributed by atoms with Crippen molar-refractivity contribution in [3.63, 3.8) is 0 Å². The molecule has 0 spiro atoms. The van der Waals surface area contributed by atoms with Crippen LogP contribution in [0, 0.1) is 6.92 Å². The number of methoxy groups -OCH3 is 1. The summed E-state index contributed by atoms with van der Waals surface area (Å²) in [7, 11) is -2.30. The zero-order valence-corrected chi connectivity index (χ0v) is 23.8. The van der Waals surface area contributed by atoms with Crippen molar-refractivity contribution < 1.29 is 22.7 Å². The Balaban J connectivity index is 2.02. The minimum atomic E-state index is -3.82. The van der Waals surface area contributed by atoms with Crippen LogP contribution in [-0.2, 0) is 32.6 Å². The number of carbonyl (C=O) groups is 2. The number of amides is 2. The van der Waals surface area contributed by atoms with Crippen molar-refractivity contribution in [1.82, 2.24) is 10.2 Å². The van der Waals surface area contributed by atoms with Crippen molar-refractivity contribution in [3.05, 3.63) is 95.6 Å². The molecular formula is C30H37N3O5S. The van der Waals surface area contributed by atoms with Crippen LogP contribution >= 0.6 is 0 Å². The molecule has 208 valence electrons. The van der Waals surface area contributed by atoms with E-state index in [9.17, 15) is 18.0 Å². The number of rotatable bonds is 13. The number of anilines is 1. The summed E-state index contributed by atoms with van der Waals surface area (Å²) in [5.41, 5.74) is 3.13. The van der Waals surface area contributed by atoms with Gasteiger partial charge in [0.1, 0.15) is 18.3 Å². The van der Waals surface area contributed by atoms with Crippen LogP contribution in [0.4, 0.5) is 5.69 Å². The van der Waals surface area contributed by atoms with E-state index in [1.807, 2.05) is 68.4 Å². The highest BCUT2D eigenvalue weighted by molar-refractivity contribution is 7.92. The first-order valence-electron chi connectivity index (χ1n) is 12.9. The summed E-state index contributed by atoms with van der Waals surface area (Å²) in [6.45, 7) is 4.10. The van der Waals surface area contributed by atoms with Crippen LogP contribution in [-0.4, -0.2) is 57.6 Å². The van der Waals surface area contributed by atoms with E-state index in [1.165, 1.54) is 12.0 Å². The number of aryl methyl sites for hydroxylation is 1. The van der Waals surface area contributed by atoms with E-state index in [0.29, 0.717) is 18.0 Å². The number of ether oxygens (including phenoxy) is 1. The third-order valence-electron chi connectivity index (χ3n) is 6.33. The van der Waals surface area contributed by atoms with Gasteiger partial charge in [-0.3, -0.25) is 13.9 Å². The maximum atomic E-state index is 14.0. The third-order valence-corrected chi connectivity index (χ3v) is 7.47. The molecule has 0 aromatic heterocycles. The van der Waals surface area contributed by atoms with Gasteiger partial charge in [0.15, 0.2) is 0 Å². The number of nitrogens with zero attached hydrogens (tertiary/aromatic N) is 2. The maximum absolute atomic E-state index is 14.0. The standard InChI is InChI=1S/C30H37N3O5S/c1-5-19-31-30(35)28(20-24-9-7-6-8-10-24)32(21-25-13-11-23(2)12-14-25)29(34)22-33(39(4,36)37)26-15-17-27(38-3)18-16-26/h6-18,28H,5,19-22H2,1-4H3,(H,31,35)/t28-/m0/s1. The first-order chi connectivity index (χ1) is 18.6. The van der Waals surface area contributed by atoms with Crippen molar-refractivity contribution in [3.8, 4) is 5.75 Å². The highest BCUT2D eigenvalue weighted by Gasteiger charge is 2.32. The molecule has 2 amide bonds. The first-order valence-corrected chi connectivity index (χ1v) is 14.8. The molecule has 3 aromatic carbocycles. The minimum Gasteiger partial charge on any atom is -0.497 e. The number of nitrogens with one attached hydrogen (secondary N) is 1. The van der Waals surface area contributed by atoms with Gasteiger partial charge in [-0.15, -0.1) is 0 Å². The molecule has 0 aliphatic rings. The number of carbonyl (C=O) groups excluding carboxylic acids is 2. The Morgan fingerprint density at radius 2 is 1.56 bits per heavy atom. The highest BCUT2D eigenvalue weighted by atomic mass is 32.2. The van der Waals surface area contributed by atoms with Gasteiger partial charge in [0.25, 0.3) is 0 Å². The summed E-state index contributed by atoms with van der Waals surface area (Å²) in [5, 5.41) is 2.93. The summed E-state index contributed by atoms with van der Waals surface area (Å²) < 4.78 is 31.9. The fraction of sp³-hybridized carbons (Fsp3) is 0.333. The lowest BCUT2D eigenvalue weighted by Crippen LogP contribution is -2.53. The van der Waals surface area contributed by atoms with Crippen molar-refractivity contribution >= 4 is 27.5 Å². The topological polar surface area (TPSA) is 96.0 Å². The van der Waals surface area contributed by atoms with Crippen LogP contribution in [0.1, 0.15) is 30.0 Å². The van der Waals surface area contributed by atoms with Crippen LogP contribution in [0.2, 0.25) is 0 Å². The predicted molar refractivity (Wildman–Crippen MR) is 154 cm³/mol. The van der Waals surface area contributed by atoms with Crippen LogP contribution in [0.5, 0.6) is 5.75 Å². The van der Waals surface area contributed by atoms with Crippen LogP contribution in [0.3, 0.4) is 0 Å². The second-order valence-corrected chi connectivity index (χ2v) is 11.4. The summed E-state index contributed by atoms with van der Waals surface area (Å²) in [6, 6.07) is 22.8. The maximum Gasteiger partial charge on any atom is 0.244 e. The predicted octanol–water partition coefficient (Wildman–Crippen LogP) is 3.94. The molecule has 1 atom stereocenters. The van der Waals surface area contributed by atoms with Crippen molar-refractivity contribution in [1.29, 1.82) is 0 Å². The van der Waals surface area contributed by atoms with E-state index >= 15 is 0 Å². The van der Waals surface area contributed by atoms with Gasteiger partial charge in [0.2, 0.25) is 21.8 Å². The van der Waals surface area contributed by atoms with Gasteiger partial charge in [-0.1, -0.05) is 67.1 Å². The fourth-order valence-corrected chi connectivity index (χ4v) is 5.02. The lowest BCUT2D eigenvalue weighted by atomic mass is 10.0. The van der Waals surface area contributed by atoms with Crippen molar-refractivity contribution in [2.45, 2.75) is 39.3 Å². The zero-order valence-electron chi connectivity index (χ0n) is 23.0. The summed E-state index contributed by atoms with van der Waals surface area (Å²) in [5.74, 6) is -0.198. The lowest BCUT2D eigenvalue weighted by Gasteiger charge is -2.33. The Morgan fingerprint density at radius 3 is 2.13 bits per heavy atom. The molecular weight excluding hydrogens is 514 g/mol. The van der Waals surface area contributed by atoms with Gasteiger partial charge in [-0.2, -0.15) is 0 Å². The molecule has 9 heteroatoms. The highest BCUT2D eigenvalue weighted by Crippen LogP contribution is 2.23. The van der Waals surface area contributed by atoms with Crippen LogP contribution in [0.25, 0.3) is 0 Å². The van der Waals surface area contributed by atoms with Crippen molar-refractivity contribution in [2.24, 2.45) is 0 Å².